The number of nitrogens with one attached hydrogen (secondary N) is 1. The van der Waals surface area contributed by atoms with Crippen LogP contribution in [0.15, 0.2) is 66.7 Å². The Labute approximate surface area is 188 Å². The zero-order chi connectivity index (χ0) is 24.2. The van der Waals surface area contributed by atoms with E-state index in [1.165, 1.54) is 30.3 Å². The second-order valence-electron chi connectivity index (χ2n) is 7.66. The maximum absolute atomic E-state index is 15.6. The molecule has 0 amide bonds. The highest BCUT2D eigenvalue weighted by Crippen LogP contribution is 2.42. The quantitative estimate of drug-likeness (QED) is 0.261. The lowest BCUT2D eigenvalue weighted by molar-refractivity contribution is -0.137. The highest BCUT2D eigenvalue weighted by Gasteiger charge is 2.36. The van der Waals surface area contributed by atoms with Gasteiger partial charge in [0.25, 0.3) is 0 Å². The lowest BCUT2D eigenvalue weighted by atomic mass is 9.95. The van der Waals surface area contributed by atoms with Gasteiger partial charge in [-0.25, -0.2) is 14.2 Å². The average Bonchev–Trinajstić information content (AvgIpc) is 3.22. The average molecular weight is 466 g/mol. The van der Waals surface area contributed by atoms with Crippen LogP contribution in [0.3, 0.4) is 0 Å². The van der Waals surface area contributed by atoms with Gasteiger partial charge in [-0.1, -0.05) is 36.4 Å². The number of alkyl halides is 3. The third-order valence-corrected chi connectivity index (χ3v) is 5.56. The van der Waals surface area contributed by atoms with Gasteiger partial charge in [0.05, 0.1) is 27.6 Å². The van der Waals surface area contributed by atoms with E-state index in [4.69, 9.17) is 0 Å². The maximum Gasteiger partial charge on any atom is 0.417 e. The molecule has 0 saturated carbocycles. The van der Waals surface area contributed by atoms with Crippen molar-refractivity contribution in [1.82, 2.24) is 9.97 Å². The number of imidazole rings is 1. The molecular formula is C25H14F4N2O3. The summed E-state index contributed by atoms with van der Waals surface area (Å²) in [6.45, 7) is 0. The number of rotatable bonds is 3. The summed E-state index contributed by atoms with van der Waals surface area (Å²) in [4.78, 5) is 18.5. The number of aromatic carboxylic acids is 1. The lowest BCUT2D eigenvalue weighted by Crippen LogP contribution is -2.09. The van der Waals surface area contributed by atoms with Crippen LogP contribution in [0, 0.1) is 5.82 Å². The van der Waals surface area contributed by atoms with E-state index in [-0.39, 0.29) is 39.2 Å². The molecular weight excluding hydrogens is 452 g/mol. The minimum absolute atomic E-state index is 0.0346. The normalized spacial score (nSPS) is 11.9. The monoisotopic (exact) mass is 466 g/mol. The lowest BCUT2D eigenvalue weighted by Gasteiger charge is -2.15. The van der Waals surface area contributed by atoms with Crippen LogP contribution in [0.1, 0.15) is 15.9 Å². The number of hydrogen-bond acceptors (Lipinski definition) is 3. The Morgan fingerprint density at radius 3 is 2.38 bits per heavy atom. The van der Waals surface area contributed by atoms with Gasteiger partial charge < -0.3 is 15.2 Å². The van der Waals surface area contributed by atoms with Gasteiger partial charge in [-0.3, -0.25) is 0 Å². The van der Waals surface area contributed by atoms with Crippen molar-refractivity contribution >= 4 is 27.8 Å². The molecule has 5 rings (SSSR count). The zero-order valence-electron chi connectivity index (χ0n) is 17.1. The number of aromatic hydroxyl groups is 1. The number of carboxylic acids is 1. The Hall–Kier alpha value is -4.40. The van der Waals surface area contributed by atoms with Crippen molar-refractivity contribution in [2.75, 3.05) is 0 Å². The largest absolute Gasteiger partial charge is 0.507 e. The molecule has 0 saturated heterocycles. The SMILES string of the molecule is O=C(O)c1cc(O)c2c(ccc3[nH]c(-c4ccc(C(F)(F)F)c(-c5ccccc5)c4F)nc32)c1. The van der Waals surface area contributed by atoms with E-state index in [0.717, 1.165) is 18.2 Å². The standard InChI is InChI=1S/C25H14F4N2O3/c26-21-15(7-8-16(25(27,28)29)19(21)12-4-2-1-3-5-12)23-30-17-9-6-13-10-14(24(33)34)11-18(32)20(13)22(17)31-23/h1-11,32H,(H,30,31)(H,33,34). The number of fused-ring (bicyclic) bond motifs is 3. The van der Waals surface area contributed by atoms with Crippen LogP contribution in [0.25, 0.3) is 44.3 Å². The molecule has 4 aromatic carbocycles. The van der Waals surface area contributed by atoms with Crippen molar-refractivity contribution < 1.29 is 32.6 Å². The Kier molecular flexibility index (Phi) is 4.78. The second-order valence-corrected chi connectivity index (χ2v) is 7.66. The van der Waals surface area contributed by atoms with Gasteiger partial charge in [0.15, 0.2) is 0 Å². The van der Waals surface area contributed by atoms with Crippen LogP contribution in [0.2, 0.25) is 0 Å². The van der Waals surface area contributed by atoms with Crippen LogP contribution in [-0.4, -0.2) is 26.2 Å². The van der Waals surface area contributed by atoms with E-state index >= 15 is 4.39 Å². The first-order chi connectivity index (χ1) is 16.1. The fourth-order valence-corrected chi connectivity index (χ4v) is 4.04. The van der Waals surface area contributed by atoms with E-state index in [1.807, 2.05) is 0 Å². The number of phenolic OH excluding ortho intramolecular Hbond substituents is 1. The number of nitrogens with zero attached hydrogens (tertiary/aromatic N) is 1. The Morgan fingerprint density at radius 1 is 0.971 bits per heavy atom. The molecule has 0 aliphatic heterocycles. The van der Waals surface area contributed by atoms with Gasteiger partial charge in [0, 0.05) is 5.56 Å². The highest BCUT2D eigenvalue weighted by atomic mass is 19.4. The molecule has 0 spiro atoms. The predicted molar refractivity (Wildman–Crippen MR) is 118 cm³/mol. The number of aromatic amines is 1. The van der Waals surface area contributed by atoms with Crippen LogP contribution in [0.4, 0.5) is 17.6 Å². The summed E-state index contributed by atoms with van der Waals surface area (Å²) in [5, 5.41) is 20.3. The van der Waals surface area contributed by atoms with Crippen LogP contribution >= 0.6 is 0 Å². The molecule has 0 atom stereocenters. The van der Waals surface area contributed by atoms with E-state index in [1.54, 1.807) is 18.2 Å². The molecule has 3 N–H and O–H groups in total. The maximum atomic E-state index is 15.6. The molecule has 5 nitrogen and oxygen atoms in total. The predicted octanol–water partition coefficient (Wildman–Crippen LogP) is 6.61. The van der Waals surface area contributed by atoms with Gasteiger partial charge in [0.1, 0.15) is 22.9 Å². The second kappa shape index (κ2) is 7.58. The Balaban J connectivity index is 1.76. The number of benzene rings is 4. The van der Waals surface area contributed by atoms with Crippen molar-refractivity contribution in [3.63, 3.8) is 0 Å². The summed E-state index contributed by atoms with van der Waals surface area (Å²) in [5.74, 6) is -2.69. The first-order valence-corrected chi connectivity index (χ1v) is 9.99. The Bertz CT molecular complexity index is 1590. The van der Waals surface area contributed by atoms with Crippen molar-refractivity contribution in [3.8, 4) is 28.3 Å². The number of halogens is 4. The zero-order valence-corrected chi connectivity index (χ0v) is 17.1. The molecule has 0 radical (unpaired) electrons. The number of carboxylic acid groups (broad SMARTS) is 1. The molecule has 0 bridgehead atoms. The smallest absolute Gasteiger partial charge is 0.417 e. The van der Waals surface area contributed by atoms with E-state index in [9.17, 15) is 28.2 Å². The molecule has 0 fully saturated rings. The topological polar surface area (TPSA) is 86.2 Å². The summed E-state index contributed by atoms with van der Waals surface area (Å²) >= 11 is 0. The molecule has 34 heavy (non-hydrogen) atoms. The van der Waals surface area contributed by atoms with E-state index < -0.39 is 29.1 Å². The van der Waals surface area contributed by atoms with Gasteiger partial charge in [-0.2, -0.15) is 13.2 Å². The molecule has 1 heterocycles. The summed E-state index contributed by atoms with van der Waals surface area (Å²) in [5.41, 5.74) is -1.33. The molecule has 170 valence electrons. The molecule has 1 aromatic heterocycles. The van der Waals surface area contributed by atoms with Crippen molar-refractivity contribution in [1.29, 1.82) is 0 Å². The number of carbonyl (C=O) groups is 1. The number of aromatic nitrogens is 2. The van der Waals surface area contributed by atoms with Gasteiger partial charge in [-0.15, -0.1) is 0 Å². The first-order valence-electron chi connectivity index (χ1n) is 9.99. The first kappa shape index (κ1) is 21.4. The molecule has 5 aromatic rings. The summed E-state index contributed by atoms with van der Waals surface area (Å²) in [7, 11) is 0. The minimum atomic E-state index is -4.78. The molecule has 0 unspecified atom stereocenters. The van der Waals surface area contributed by atoms with E-state index in [2.05, 4.69) is 9.97 Å². The fourth-order valence-electron chi connectivity index (χ4n) is 4.04. The van der Waals surface area contributed by atoms with Crippen LogP contribution in [0.5, 0.6) is 5.75 Å². The van der Waals surface area contributed by atoms with Crippen LogP contribution < -0.4 is 0 Å². The van der Waals surface area contributed by atoms with Gasteiger partial charge in [0.2, 0.25) is 0 Å². The highest BCUT2D eigenvalue weighted by molar-refractivity contribution is 6.10. The van der Waals surface area contributed by atoms with Crippen LogP contribution in [-0.2, 0) is 6.18 Å². The third-order valence-electron chi connectivity index (χ3n) is 5.56. The fraction of sp³-hybridized carbons (Fsp3) is 0.0400. The number of hydrogen-bond donors (Lipinski definition) is 3. The molecule has 0 aliphatic rings. The number of phenols is 1. The summed E-state index contributed by atoms with van der Waals surface area (Å²) < 4.78 is 56.6. The van der Waals surface area contributed by atoms with Gasteiger partial charge >= 0.3 is 12.1 Å². The van der Waals surface area contributed by atoms with Gasteiger partial charge in [-0.05, 0) is 41.3 Å². The molecule has 0 aliphatic carbocycles. The third kappa shape index (κ3) is 3.42. The van der Waals surface area contributed by atoms with Crippen molar-refractivity contribution in [3.05, 3.63) is 83.7 Å². The Morgan fingerprint density at radius 2 is 1.71 bits per heavy atom. The summed E-state index contributed by atoms with van der Waals surface area (Å²) in [6, 6.07) is 14.8. The number of H-pyrrole nitrogens is 1. The van der Waals surface area contributed by atoms with Crippen molar-refractivity contribution in [2.45, 2.75) is 6.18 Å². The van der Waals surface area contributed by atoms with Crippen molar-refractivity contribution in [2.24, 2.45) is 0 Å². The van der Waals surface area contributed by atoms with E-state index in [0.29, 0.717) is 10.9 Å². The summed E-state index contributed by atoms with van der Waals surface area (Å²) in [6.07, 6.45) is -4.78. The molecule has 9 heteroatoms. The minimum Gasteiger partial charge on any atom is -0.507 e.